The number of hydrogen-bond donors (Lipinski definition) is 0. The zero-order valence-corrected chi connectivity index (χ0v) is 14.6. The molecule has 0 N–H and O–H groups in total. The van der Waals surface area contributed by atoms with Crippen LogP contribution in [0.5, 0.6) is 5.75 Å². The van der Waals surface area contributed by atoms with Gasteiger partial charge in [0.2, 0.25) is 5.95 Å². The molecule has 3 aromatic rings. The number of aryl methyl sites for hydroxylation is 1. The maximum Gasteiger partial charge on any atom is 0.422 e. The Morgan fingerprint density at radius 1 is 0.926 bits per heavy atom. The summed E-state index contributed by atoms with van der Waals surface area (Å²) in [5, 5.41) is 0. The van der Waals surface area contributed by atoms with E-state index in [1.807, 2.05) is 31.2 Å². The molecular weight excluding hydrogens is 358 g/mol. The van der Waals surface area contributed by atoms with Crippen molar-refractivity contribution in [2.24, 2.45) is 0 Å². The van der Waals surface area contributed by atoms with E-state index in [1.165, 1.54) is 18.2 Å². The van der Waals surface area contributed by atoms with Gasteiger partial charge in [0, 0.05) is 11.1 Å². The second-order valence-electron chi connectivity index (χ2n) is 5.97. The number of benzene rings is 2. The summed E-state index contributed by atoms with van der Waals surface area (Å²) in [6.45, 7) is 0.618. The van der Waals surface area contributed by atoms with Crippen molar-refractivity contribution in [2.45, 2.75) is 19.5 Å². The van der Waals surface area contributed by atoms with Crippen LogP contribution in [0.15, 0.2) is 60.7 Å². The molecule has 1 heterocycles. The molecule has 6 heteroatoms. The van der Waals surface area contributed by atoms with Crippen molar-refractivity contribution in [3.63, 3.8) is 0 Å². The molecule has 27 heavy (non-hydrogen) atoms. The third kappa shape index (κ3) is 4.64. The first-order valence-electron chi connectivity index (χ1n) is 8.42. The normalized spacial score (nSPS) is 11.4. The number of alkyl halides is 3. The van der Waals surface area contributed by atoms with E-state index in [4.69, 9.17) is 4.74 Å². The first-order chi connectivity index (χ1) is 12.9. The van der Waals surface area contributed by atoms with Crippen LogP contribution >= 0.6 is 0 Å². The summed E-state index contributed by atoms with van der Waals surface area (Å²) in [6, 6.07) is 16.6. The van der Waals surface area contributed by atoms with Crippen LogP contribution in [0.3, 0.4) is 0 Å². The fraction of sp³-hybridized carbons (Fsp3) is 0.190. The Bertz CT molecular complexity index is 937. The van der Waals surface area contributed by atoms with Gasteiger partial charge in [0.05, 0.1) is 5.69 Å². The molecule has 2 nitrogen and oxygen atoms in total. The fourth-order valence-corrected chi connectivity index (χ4v) is 2.85. The molecule has 3 rings (SSSR count). The lowest BCUT2D eigenvalue weighted by Crippen LogP contribution is -2.19. The number of aromatic nitrogens is 1. The quantitative estimate of drug-likeness (QED) is 0.400. The minimum absolute atomic E-state index is 0.0869. The zero-order valence-electron chi connectivity index (χ0n) is 14.6. The standard InChI is InChI=1S/C21H17F4NO/c1-2-14-6-3-4-9-17(14)20-18(10-11-19(22)26-20)15-7-5-8-16(12-15)27-13-21(23,24)25/h3-12H,2,13H2,1H3. The average molecular weight is 375 g/mol. The van der Waals surface area contributed by atoms with Crippen molar-refractivity contribution in [2.75, 3.05) is 6.61 Å². The molecule has 0 saturated carbocycles. The Hall–Kier alpha value is -2.89. The lowest BCUT2D eigenvalue weighted by atomic mass is 9.95. The van der Waals surface area contributed by atoms with E-state index >= 15 is 0 Å². The summed E-state index contributed by atoms with van der Waals surface area (Å²) in [5.74, 6) is -0.534. The Kier molecular flexibility index (Phi) is 5.44. The number of nitrogens with zero attached hydrogens (tertiary/aromatic N) is 1. The molecule has 0 aliphatic heterocycles. The lowest BCUT2D eigenvalue weighted by Gasteiger charge is -2.14. The Morgan fingerprint density at radius 2 is 1.70 bits per heavy atom. The van der Waals surface area contributed by atoms with E-state index in [9.17, 15) is 17.6 Å². The maximum absolute atomic E-state index is 13.9. The van der Waals surface area contributed by atoms with Gasteiger partial charge in [-0.25, -0.2) is 4.98 Å². The number of halogens is 4. The largest absolute Gasteiger partial charge is 0.484 e. The first kappa shape index (κ1) is 18.9. The molecule has 0 saturated heterocycles. The van der Waals surface area contributed by atoms with E-state index < -0.39 is 18.7 Å². The first-order valence-corrected chi connectivity index (χ1v) is 8.42. The van der Waals surface area contributed by atoms with E-state index in [-0.39, 0.29) is 5.75 Å². The van der Waals surface area contributed by atoms with Crippen LogP contribution in [0.2, 0.25) is 0 Å². The van der Waals surface area contributed by atoms with Crippen molar-refractivity contribution in [3.05, 3.63) is 72.2 Å². The molecule has 0 spiro atoms. The number of pyridine rings is 1. The van der Waals surface area contributed by atoms with E-state index in [0.717, 1.165) is 17.5 Å². The minimum Gasteiger partial charge on any atom is -0.484 e. The summed E-state index contributed by atoms with van der Waals surface area (Å²) >= 11 is 0. The van der Waals surface area contributed by atoms with E-state index in [0.29, 0.717) is 16.8 Å². The highest BCUT2D eigenvalue weighted by atomic mass is 19.4. The number of hydrogen-bond acceptors (Lipinski definition) is 2. The van der Waals surface area contributed by atoms with Gasteiger partial charge in [-0.2, -0.15) is 17.6 Å². The van der Waals surface area contributed by atoms with E-state index in [2.05, 4.69) is 4.98 Å². The number of rotatable bonds is 5. The van der Waals surface area contributed by atoms with Gasteiger partial charge in [0.1, 0.15) is 5.75 Å². The third-order valence-electron chi connectivity index (χ3n) is 4.06. The molecule has 0 aliphatic rings. The van der Waals surface area contributed by atoms with Gasteiger partial charge in [-0.3, -0.25) is 0 Å². The third-order valence-corrected chi connectivity index (χ3v) is 4.06. The van der Waals surface area contributed by atoms with Gasteiger partial charge in [0.15, 0.2) is 6.61 Å². The molecule has 0 atom stereocenters. The van der Waals surface area contributed by atoms with Crippen LogP contribution in [0, 0.1) is 5.95 Å². The smallest absolute Gasteiger partial charge is 0.422 e. The summed E-state index contributed by atoms with van der Waals surface area (Å²) in [5.41, 5.74) is 3.45. The van der Waals surface area contributed by atoms with Crippen LogP contribution in [-0.2, 0) is 6.42 Å². The van der Waals surface area contributed by atoms with Gasteiger partial charge in [-0.1, -0.05) is 43.3 Å². The molecule has 0 fully saturated rings. The van der Waals surface area contributed by atoms with Crippen LogP contribution < -0.4 is 4.74 Å². The van der Waals surface area contributed by atoms with Crippen LogP contribution in [0.4, 0.5) is 17.6 Å². The summed E-state index contributed by atoms with van der Waals surface area (Å²) in [4.78, 5) is 4.06. The van der Waals surface area contributed by atoms with Crippen LogP contribution in [0.25, 0.3) is 22.4 Å². The van der Waals surface area contributed by atoms with Crippen LogP contribution in [0.1, 0.15) is 12.5 Å². The van der Waals surface area contributed by atoms with Crippen molar-refractivity contribution in [1.29, 1.82) is 0 Å². The van der Waals surface area contributed by atoms with Gasteiger partial charge in [-0.05, 0) is 41.8 Å². The second kappa shape index (κ2) is 7.78. The highest BCUT2D eigenvalue weighted by Gasteiger charge is 2.28. The van der Waals surface area contributed by atoms with Gasteiger partial charge in [-0.15, -0.1) is 0 Å². The monoisotopic (exact) mass is 375 g/mol. The molecule has 1 aromatic heterocycles. The predicted molar refractivity (Wildman–Crippen MR) is 96.0 cm³/mol. The topological polar surface area (TPSA) is 22.1 Å². The average Bonchev–Trinajstić information content (AvgIpc) is 2.66. The molecule has 140 valence electrons. The van der Waals surface area contributed by atoms with Crippen LogP contribution in [-0.4, -0.2) is 17.8 Å². The Labute approximate surface area is 154 Å². The maximum atomic E-state index is 13.9. The summed E-state index contributed by atoms with van der Waals surface area (Å²) in [6.07, 6.45) is -3.68. The predicted octanol–water partition coefficient (Wildman–Crippen LogP) is 6.06. The SMILES string of the molecule is CCc1ccccc1-c1nc(F)ccc1-c1cccc(OCC(F)(F)F)c1. The van der Waals surface area contributed by atoms with Crippen molar-refractivity contribution in [3.8, 4) is 28.1 Å². The lowest BCUT2D eigenvalue weighted by molar-refractivity contribution is -0.153. The molecular formula is C21H17F4NO. The van der Waals surface area contributed by atoms with Gasteiger partial charge >= 0.3 is 6.18 Å². The van der Waals surface area contributed by atoms with Gasteiger partial charge < -0.3 is 4.74 Å². The van der Waals surface area contributed by atoms with Crippen molar-refractivity contribution >= 4 is 0 Å². The van der Waals surface area contributed by atoms with Crippen molar-refractivity contribution in [1.82, 2.24) is 4.98 Å². The molecule has 0 radical (unpaired) electrons. The Balaban J connectivity index is 2.05. The highest BCUT2D eigenvalue weighted by Crippen LogP contribution is 2.34. The molecule has 0 amide bonds. The van der Waals surface area contributed by atoms with Gasteiger partial charge in [0.25, 0.3) is 0 Å². The minimum atomic E-state index is -4.42. The molecule has 0 bridgehead atoms. The molecule has 0 aliphatic carbocycles. The fourth-order valence-electron chi connectivity index (χ4n) is 2.85. The summed E-state index contributed by atoms with van der Waals surface area (Å²) < 4.78 is 55.9. The molecule has 2 aromatic carbocycles. The second-order valence-corrected chi connectivity index (χ2v) is 5.97. The van der Waals surface area contributed by atoms with Crippen molar-refractivity contribution < 1.29 is 22.3 Å². The highest BCUT2D eigenvalue weighted by molar-refractivity contribution is 5.82. The Morgan fingerprint density at radius 3 is 2.44 bits per heavy atom. The summed E-state index contributed by atoms with van der Waals surface area (Å²) in [7, 11) is 0. The molecule has 0 unspecified atom stereocenters. The number of ether oxygens (including phenoxy) is 1. The van der Waals surface area contributed by atoms with E-state index in [1.54, 1.807) is 18.2 Å². The zero-order chi connectivity index (χ0) is 19.4.